The molecule has 2 aromatic heterocycles. The molecule has 0 atom stereocenters. The summed E-state index contributed by atoms with van der Waals surface area (Å²) >= 11 is 0. The first-order valence-corrected chi connectivity index (χ1v) is 4.59. The molecule has 2 aromatic rings. The Kier molecular flexibility index (Phi) is 3.07. The molecule has 0 aromatic carbocycles. The molecule has 0 amide bonds. The number of nitrogens with zero attached hydrogens (tertiary/aromatic N) is 1. The van der Waals surface area contributed by atoms with Gasteiger partial charge < -0.3 is 4.42 Å². The minimum absolute atomic E-state index is 0.738. The number of hydrogen-bond donors (Lipinski definition) is 0. The van der Waals surface area contributed by atoms with Crippen molar-refractivity contribution in [2.24, 2.45) is 0 Å². The van der Waals surface area contributed by atoms with Gasteiger partial charge in [-0.25, -0.2) is 4.98 Å². The number of aromatic nitrogens is 1. The molecule has 0 aliphatic carbocycles. The van der Waals surface area contributed by atoms with E-state index in [1.165, 1.54) is 0 Å². The average molecular weight is 177 g/mol. The van der Waals surface area contributed by atoms with Crippen LogP contribution in [0.2, 0.25) is 0 Å². The minimum atomic E-state index is 0.738. The van der Waals surface area contributed by atoms with E-state index in [4.69, 9.17) is 4.42 Å². The van der Waals surface area contributed by atoms with Gasteiger partial charge in [0.05, 0.1) is 0 Å². The maximum Gasteiger partial charge on any atom is 0.226 e. The molecule has 0 unspecified atom stereocenters. The number of rotatable bonds is 0. The third-order valence-electron chi connectivity index (χ3n) is 1.65. The van der Waals surface area contributed by atoms with Crippen LogP contribution in [0.4, 0.5) is 0 Å². The SMILES string of the molecule is CC.Cc1ccc2cc(C)oc2n1. The lowest BCUT2D eigenvalue weighted by Crippen LogP contribution is -1.77. The zero-order valence-corrected chi connectivity index (χ0v) is 8.59. The lowest BCUT2D eigenvalue weighted by Gasteiger charge is -1.88. The van der Waals surface area contributed by atoms with Gasteiger partial charge in [-0.05, 0) is 32.0 Å². The van der Waals surface area contributed by atoms with Gasteiger partial charge in [0.25, 0.3) is 0 Å². The number of hydrogen-bond acceptors (Lipinski definition) is 2. The smallest absolute Gasteiger partial charge is 0.226 e. The largest absolute Gasteiger partial charge is 0.443 e. The summed E-state index contributed by atoms with van der Waals surface area (Å²) in [6, 6.07) is 5.99. The molecule has 2 rings (SSSR count). The van der Waals surface area contributed by atoms with Crippen LogP contribution in [-0.2, 0) is 0 Å². The standard InChI is InChI=1S/C9H9NO.C2H6/c1-6-3-4-8-5-7(2)11-9(8)10-6;1-2/h3-5H,1-2H3;1-2H3. The van der Waals surface area contributed by atoms with Gasteiger partial charge in [-0.1, -0.05) is 13.8 Å². The molecule has 0 aliphatic heterocycles. The zero-order chi connectivity index (χ0) is 9.84. The normalized spacial score (nSPS) is 9.54. The molecule has 0 spiro atoms. The fraction of sp³-hybridized carbons (Fsp3) is 0.364. The number of pyridine rings is 1. The Balaban J connectivity index is 0.000000396. The predicted molar refractivity (Wildman–Crippen MR) is 54.8 cm³/mol. The third-order valence-corrected chi connectivity index (χ3v) is 1.65. The van der Waals surface area contributed by atoms with Crippen LogP contribution in [0.25, 0.3) is 11.1 Å². The van der Waals surface area contributed by atoms with E-state index >= 15 is 0 Å². The molecule has 0 saturated carbocycles. The van der Waals surface area contributed by atoms with Gasteiger partial charge in [0.2, 0.25) is 5.71 Å². The number of fused-ring (bicyclic) bond motifs is 1. The molecule has 0 bridgehead atoms. The van der Waals surface area contributed by atoms with Crippen molar-refractivity contribution in [3.63, 3.8) is 0 Å². The molecule has 2 heterocycles. The third kappa shape index (κ3) is 2.08. The topological polar surface area (TPSA) is 26.0 Å². The Morgan fingerprint density at radius 2 is 1.85 bits per heavy atom. The second-order valence-electron chi connectivity index (χ2n) is 2.70. The first-order valence-electron chi connectivity index (χ1n) is 4.59. The van der Waals surface area contributed by atoms with E-state index in [-0.39, 0.29) is 0 Å². The van der Waals surface area contributed by atoms with Gasteiger partial charge >= 0.3 is 0 Å². The summed E-state index contributed by atoms with van der Waals surface area (Å²) in [4.78, 5) is 4.23. The van der Waals surface area contributed by atoms with Crippen molar-refractivity contribution in [1.29, 1.82) is 0 Å². The molecule has 2 heteroatoms. The molecule has 0 N–H and O–H groups in total. The zero-order valence-electron chi connectivity index (χ0n) is 8.59. The fourth-order valence-electron chi connectivity index (χ4n) is 1.14. The lowest BCUT2D eigenvalue weighted by molar-refractivity contribution is 0.567. The molecular weight excluding hydrogens is 162 g/mol. The van der Waals surface area contributed by atoms with Gasteiger partial charge in [0.15, 0.2) is 0 Å². The van der Waals surface area contributed by atoms with Gasteiger partial charge in [-0.2, -0.15) is 0 Å². The number of furan rings is 1. The molecule has 2 nitrogen and oxygen atoms in total. The molecular formula is C11H15NO. The highest BCUT2D eigenvalue weighted by Crippen LogP contribution is 2.16. The first-order chi connectivity index (χ1) is 6.25. The Bertz CT molecular complexity index is 390. The Morgan fingerprint density at radius 1 is 1.15 bits per heavy atom. The Morgan fingerprint density at radius 3 is 2.54 bits per heavy atom. The van der Waals surface area contributed by atoms with Crippen LogP contribution < -0.4 is 0 Å². The monoisotopic (exact) mass is 177 g/mol. The molecule has 0 fully saturated rings. The molecule has 70 valence electrons. The Labute approximate surface area is 78.6 Å². The summed E-state index contributed by atoms with van der Waals surface area (Å²) in [6.07, 6.45) is 0. The van der Waals surface area contributed by atoms with E-state index in [9.17, 15) is 0 Å². The average Bonchev–Trinajstić information content (AvgIpc) is 2.48. The van der Waals surface area contributed by atoms with Crippen molar-refractivity contribution < 1.29 is 4.42 Å². The Hall–Kier alpha value is -1.31. The van der Waals surface area contributed by atoms with Crippen LogP contribution in [-0.4, -0.2) is 4.98 Å². The summed E-state index contributed by atoms with van der Waals surface area (Å²) < 4.78 is 5.34. The van der Waals surface area contributed by atoms with Crippen LogP contribution in [0.5, 0.6) is 0 Å². The quantitative estimate of drug-likeness (QED) is 0.615. The van der Waals surface area contributed by atoms with E-state index in [1.54, 1.807) is 0 Å². The summed E-state index contributed by atoms with van der Waals surface area (Å²) in [7, 11) is 0. The maximum absolute atomic E-state index is 5.34. The maximum atomic E-state index is 5.34. The van der Waals surface area contributed by atoms with Crippen molar-refractivity contribution in [1.82, 2.24) is 4.98 Å². The van der Waals surface area contributed by atoms with Crippen molar-refractivity contribution in [3.8, 4) is 0 Å². The van der Waals surface area contributed by atoms with E-state index in [0.29, 0.717) is 0 Å². The highest BCUT2D eigenvalue weighted by Gasteiger charge is 1.99. The van der Waals surface area contributed by atoms with E-state index in [0.717, 1.165) is 22.6 Å². The van der Waals surface area contributed by atoms with Gasteiger partial charge in [-0.15, -0.1) is 0 Å². The summed E-state index contributed by atoms with van der Waals surface area (Å²) in [6.45, 7) is 7.88. The second-order valence-corrected chi connectivity index (χ2v) is 2.70. The predicted octanol–water partition coefficient (Wildman–Crippen LogP) is 3.47. The van der Waals surface area contributed by atoms with Crippen molar-refractivity contribution in [3.05, 3.63) is 29.7 Å². The van der Waals surface area contributed by atoms with Crippen LogP contribution in [0.1, 0.15) is 25.3 Å². The molecule has 0 saturated heterocycles. The highest BCUT2D eigenvalue weighted by molar-refractivity contribution is 5.73. The van der Waals surface area contributed by atoms with Gasteiger partial charge in [0.1, 0.15) is 5.76 Å². The van der Waals surface area contributed by atoms with E-state index < -0.39 is 0 Å². The second kappa shape index (κ2) is 4.08. The molecule has 0 aliphatic rings. The minimum Gasteiger partial charge on any atom is -0.443 e. The van der Waals surface area contributed by atoms with Crippen LogP contribution in [0.3, 0.4) is 0 Å². The van der Waals surface area contributed by atoms with Crippen LogP contribution in [0.15, 0.2) is 22.6 Å². The first kappa shape index (κ1) is 9.78. The van der Waals surface area contributed by atoms with Crippen LogP contribution in [0, 0.1) is 13.8 Å². The van der Waals surface area contributed by atoms with Crippen molar-refractivity contribution in [2.75, 3.05) is 0 Å². The van der Waals surface area contributed by atoms with Gasteiger partial charge in [-0.3, -0.25) is 0 Å². The van der Waals surface area contributed by atoms with Crippen molar-refractivity contribution in [2.45, 2.75) is 27.7 Å². The fourth-order valence-corrected chi connectivity index (χ4v) is 1.14. The summed E-state index contributed by atoms with van der Waals surface area (Å²) in [5.41, 5.74) is 1.73. The molecule has 0 radical (unpaired) electrons. The van der Waals surface area contributed by atoms with Gasteiger partial charge in [0, 0.05) is 11.1 Å². The van der Waals surface area contributed by atoms with E-state index in [1.807, 2.05) is 45.9 Å². The van der Waals surface area contributed by atoms with Crippen molar-refractivity contribution >= 4 is 11.1 Å². The van der Waals surface area contributed by atoms with Crippen LogP contribution >= 0.6 is 0 Å². The lowest BCUT2D eigenvalue weighted by atomic mass is 10.3. The summed E-state index contributed by atoms with van der Waals surface area (Å²) in [5, 5.41) is 1.08. The highest BCUT2D eigenvalue weighted by atomic mass is 16.3. The summed E-state index contributed by atoms with van der Waals surface area (Å²) in [5.74, 6) is 0.915. The molecule has 13 heavy (non-hydrogen) atoms. The number of aryl methyl sites for hydroxylation is 2. The van der Waals surface area contributed by atoms with E-state index in [2.05, 4.69) is 4.98 Å².